The summed E-state index contributed by atoms with van der Waals surface area (Å²) < 4.78 is 5.28. The SMILES string of the molecule is O=C(c1ccccc1)c1cccc(N=c2ssnc2Cl)c1Br. The molecule has 3 aromatic rings. The average Bonchev–Trinajstić information content (AvgIpc) is 2.95. The first-order valence-electron chi connectivity index (χ1n) is 6.21. The van der Waals surface area contributed by atoms with E-state index < -0.39 is 0 Å². The first kappa shape index (κ1) is 15.6. The molecular formula is C15H8BrClN2OS2. The van der Waals surface area contributed by atoms with Crippen LogP contribution in [0.15, 0.2) is 58.0 Å². The number of halogens is 2. The van der Waals surface area contributed by atoms with Crippen LogP contribution in [0, 0.1) is 0 Å². The van der Waals surface area contributed by atoms with E-state index in [9.17, 15) is 4.79 Å². The lowest BCUT2D eigenvalue weighted by Gasteiger charge is -2.06. The van der Waals surface area contributed by atoms with Crippen molar-refractivity contribution in [1.29, 1.82) is 0 Å². The molecule has 7 heteroatoms. The minimum Gasteiger partial charge on any atom is -0.289 e. The first-order chi connectivity index (χ1) is 10.7. The van der Waals surface area contributed by atoms with Crippen molar-refractivity contribution in [2.24, 2.45) is 4.99 Å². The van der Waals surface area contributed by atoms with Crippen LogP contribution >= 0.6 is 48.4 Å². The molecule has 0 fully saturated rings. The Kier molecular flexibility index (Phi) is 4.83. The second-order valence-corrected chi connectivity index (χ2v) is 7.27. The van der Waals surface area contributed by atoms with Crippen LogP contribution in [0.25, 0.3) is 0 Å². The molecule has 1 heterocycles. The lowest BCUT2D eigenvalue weighted by atomic mass is 10.0. The van der Waals surface area contributed by atoms with Crippen molar-refractivity contribution in [3.63, 3.8) is 0 Å². The Morgan fingerprint density at radius 3 is 2.59 bits per heavy atom. The molecule has 0 amide bonds. The Labute approximate surface area is 147 Å². The standard InChI is InChI=1S/C15H8BrClN2OS2/c16-12-10(13(20)9-5-2-1-3-6-9)7-4-8-11(12)18-15-14(17)19-22-21-15/h1-8H. The van der Waals surface area contributed by atoms with Gasteiger partial charge in [0.1, 0.15) is 0 Å². The van der Waals surface area contributed by atoms with E-state index in [1.807, 2.05) is 24.3 Å². The molecule has 0 saturated heterocycles. The van der Waals surface area contributed by atoms with E-state index in [0.717, 1.165) is 0 Å². The summed E-state index contributed by atoms with van der Waals surface area (Å²) in [5.41, 5.74) is 1.86. The Morgan fingerprint density at radius 2 is 1.91 bits per heavy atom. The van der Waals surface area contributed by atoms with E-state index in [1.165, 1.54) is 20.9 Å². The lowest BCUT2D eigenvalue weighted by molar-refractivity contribution is 0.103. The van der Waals surface area contributed by atoms with Crippen molar-refractivity contribution in [3.05, 3.63) is 74.0 Å². The lowest BCUT2D eigenvalue weighted by Crippen LogP contribution is -2.02. The van der Waals surface area contributed by atoms with Crippen LogP contribution in [0.3, 0.4) is 0 Å². The van der Waals surface area contributed by atoms with Gasteiger partial charge in [0.25, 0.3) is 0 Å². The molecule has 2 aromatic carbocycles. The van der Waals surface area contributed by atoms with Gasteiger partial charge in [-0.2, -0.15) is 4.37 Å². The van der Waals surface area contributed by atoms with Gasteiger partial charge >= 0.3 is 0 Å². The Balaban J connectivity index is 2.07. The monoisotopic (exact) mass is 410 g/mol. The fourth-order valence-electron chi connectivity index (χ4n) is 1.86. The highest BCUT2D eigenvalue weighted by atomic mass is 79.9. The molecule has 0 aliphatic rings. The highest BCUT2D eigenvalue weighted by molar-refractivity contribution is 9.10. The third-order valence-corrected chi connectivity index (χ3v) is 5.90. The summed E-state index contributed by atoms with van der Waals surface area (Å²) in [5, 5.41) is 0.377. The summed E-state index contributed by atoms with van der Waals surface area (Å²) in [6.07, 6.45) is 0. The van der Waals surface area contributed by atoms with Crippen LogP contribution in [-0.2, 0) is 0 Å². The van der Waals surface area contributed by atoms with Gasteiger partial charge in [0.2, 0.25) is 0 Å². The smallest absolute Gasteiger partial charge is 0.194 e. The molecular weight excluding hydrogens is 404 g/mol. The van der Waals surface area contributed by atoms with Crippen LogP contribution < -0.4 is 4.67 Å². The molecule has 3 rings (SSSR count). The molecule has 3 nitrogen and oxygen atoms in total. The molecule has 22 heavy (non-hydrogen) atoms. The normalized spacial score (nSPS) is 11.6. The van der Waals surface area contributed by atoms with Gasteiger partial charge in [-0.05, 0) is 38.4 Å². The number of ketones is 1. The van der Waals surface area contributed by atoms with Gasteiger partial charge in [-0.25, -0.2) is 4.99 Å². The summed E-state index contributed by atoms with van der Waals surface area (Å²) in [7, 11) is 2.67. The topological polar surface area (TPSA) is 42.3 Å². The molecule has 0 aliphatic heterocycles. The van der Waals surface area contributed by atoms with E-state index in [4.69, 9.17) is 11.6 Å². The largest absolute Gasteiger partial charge is 0.289 e. The molecule has 0 unspecified atom stereocenters. The molecule has 1 aromatic heterocycles. The van der Waals surface area contributed by atoms with Crippen molar-refractivity contribution in [1.82, 2.24) is 4.37 Å². The number of hydrogen-bond acceptors (Lipinski definition) is 5. The molecule has 0 spiro atoms. The fraction of sp³-hybridized carbons (Fsp3) is 0. The van der Waals surface area contributed by atoms with Gasteiger partial charge in [-0.1, -0.05) is 48.0 Å². The molecule has 0 bridgehead atoms. The number of hydrogen-bond donors (Lipinski definition) is 0. The number of carbonyl (C=O) groups is 1. The van der Waals surface area contributed by atoms with Crippen molar-refractivity contribution >= 4 is 59.9 Å². The van der Waals surface area contributed by atoms with Crippen molar-refractivity contribution < 1.29 is 4.79 Å². The molecule has 110 valence electrons. The predicted octanol–water partition coefficient (Wildman–Crippen LogP) is 5.08. The highest BCUT2D eigenvalue weighted by Gasteiger charge is 2.14. The Bertz CT molecular complexity index is 890. The van der Waals surface area contributed by atoms with E-state index in [-0.39, 0.29) is 5.78 Å². The van der Waals surface area contributed by atoms with Gasteiger partial charge in [0.15, 0.2) is 15.6 Å². The molecule has 0 N–H and O–H groups in total. The minimum absolute atomic E-state index is 0.0530. The number of aromatic nitrogens is 1. The van der Waals surface area contributed by atoms with E-state index >= 15 is 0 Å². The molecule has 0 radical (unpaired) electrons. The zero-order valence-corrected chi connectivity index (χ0v) is 15.0. The molecule has 0 aliphatic carbocycles. The van der Waals surface area contributed by atoms with Gasteiger partial charge < -0.3 is 0 Å². The van der Waals surface area contributed by atoms with Crippen LogP contribution in [0.4, 0.5) is 5.69 Å². The van der Waals surface area contributed by atoms with Crippen LogP contribution in [-0.4, -0.2) is 10.2 Å². The maximum Gasteiger partial charge on any atom is 0.194 e. The summed E-state index contributed by atoms with van der Waals surface area (Å²) in [4.78, 5) is 17.1. The summed E-state index contributed by atoms with van der Waals surface area (Å²) in [6.45, 7) is 0. The third-order valence-electron chi connectivity index (χ3n) is 2.89. The number of benzene rings is 2. The van der Waals surface area contributed by atoms with Crippen LogP contribution in [0.2, 0.25) is 5.15 Å². The number of nitrogens with zero attached hydrogens (tertiary/aromatic N) is 2. The quantitative estimate of drug-likeness (QED) is 0.445. The van der Waals surface area contributed by atoms with Gasteiger partial charge in [0, 0.05) is 21.7 Å². The third kappa shape index (κ3) is 3.20. The zero-order valence-electron chi connectivity index (χ0n) is 11.0. The molecule has 0 saturated carbocycles. The fourth-order valence-corrected chi connectivity index (χ4v) is 4.38. The van der Waals surface area contributed by atoms with Crippen LogP contribution in [0.5, 0.6) is 0 Å². The van der Waals surface area contributed by atoms with E-state index in [2.05, 4.69) is 25.3 Å². The maximum absolute atomic E-state index is 12.6. The Hall–Kier alpha value is -1.34. The minimum atomic E-state index is -0.0530. The first-order valence-corrected chi connectivity index (χ1v) is 9.49. The summed E-state index contributed by atoms with van der Waals surface area (Å²) in [5.74, 6) is -0.0530. The van der Waals surface area contributed by atoms with Crippen LogP contribution in [0.1, 0.15) is 15.9 Å². The zero-order chi connectivity index (χ0) is 15.5. The number of rotatable bonds is 3. The second-order valence-electron chi connectivity index (χ2n) is 4.29. The van der Waals surface area contributed by atoms with Crippen molar-refractivity contribution in [3.8, 4) is 0 Å². The highest BCUT2D eigenvalue weighted by Crippen LogP contribution is 2.30. The number of carbonyl (C=O) groups excluding carboxylic acids is 1. The Morgan fingerprint density at radius 1 is 1.14 bits per heavy atom. The van der Waals surface area contributed by atoms with E-state index in [1.54, 1.807) is 24.3 Å². The maximum atomic E-state index is 12.6. The van der Waals surface area contributed by atoms with Gasteiger partial charge in [-0.15, -0.1) is 0 Å². The predicted molar refractivity (Wildman–Crippen MR) is 94.2 cm³/mol. The summed E-state index contributed by atoms with van der Waals surface area (Å²) in [6, 6.07) is 14.5. The average molecular weight is 412 g/mol. The summed E-state index contributed by atoms with van der Waals surface area (Å²) >= 11 is 9.45. The van der Waals surface area contributed by atoms with Crippen molar-refractivity contribution in [2.75, 3.05) is 0 Å². The second kappa shape index (κ2) is 6.83. The van der Waals surface area contributed by atoms with Gasteiger partial charge in [0.05, 0.1) is 10.2 Å². The van der Waals surface area contributed by atoms with Gasteiger partial charge in [-0.3, -0.25) is 4.79 Å². The van der Waals surface area contributed by atoms with Crippen molar-refractivity contribution in [2.45, 2.75) is 0 Å². The molecule has 0 atom stereocenters. The van der Waals surface area contributed by atoms with E-state index in [0.29, 0.717) is 31.1 Å².